The third-order valence-corrected chi connectivity index (χ3v) is 7.05. The summed E-state index contributed by atoms with van der Waals surface area (Å²) in [5.74, 6) is 0.640. The normalized spacial score (nSPS) is 10.9. The molecule has 5 aromatic rings. The van der Waals surface area contributed by atoms with Crippen molar-refractivity contribution in [1.29, 1.82) is 0 Å². The van der Waals surface area contributed by atoms with E-state index in [1.165, 1.54) is 0 Å². The average Bonchev–Trinajstić information content (AvgIpc) is 3.60. The number of carbonyl (C=O) groups is 1. The van der Waals surface area contributed by atoms with E-state index in [9.17, 15) is 4.79 Å². The Balaban J connectivity index is 1.23. The van der Waals surface area contributed by atoms with Gasteiger partial charge in [0.15, 0.2) is 0 Å². The van der Waals surface area contributed by atoms with Gasteiger partial charge in [0.25, 0.3) is 0 Å². The van der Waals surface area contributed by atoms with Gasteiger partial charge in [0.2, 0.25) is 0 Å². The van der Waals surface area contributed by atoms with Crippen molar-refractivity contribution in [3.05, 3.63) is 114 Å². The van der Waals surface area contributed by atoms with Gasteiger partial charge in [-0.05, 0) is 54.3 Å². The lowest BCUT2D eigenvalue weighted by Crippen LogP contribution is -2.05. The Morgan fingerprint density at radius 1 is 0.947 bits per heavy atom. The maximum Gasteiger partial charge on any atom is 0.306 e. The molecule has 0 saturated heterocycles. The van der Waals surface area contributed by atoms with Crippen molar-refractivity contribution in [2.24, 2.45) is 0 Å². The van der Waals surface area contributed by atoms with Gasteiger partial charge in [-0.15, -0.1) is 11.3 Å². The van der Waals surface area contributed by atoms with Crippen LogP contribution in [0.5, 0.6) is 5.75 Å². The number of aryl methyl sites for hydroxylation is 1. The fourth-order valence-electron chi connectivity index (χ4n) is 4.25. The molecule has 0 saturated carbocycles. The van der Waals surface area contributed by atoms with Crippen molar-refractivity contribution >= 4 is 17.3 Å². The molecule has 3 heterocycles. The smallest absolute Gasteiger partial charge is 0.306 e. The third kappa shape index (κ3) is 6.55. The highest BCUT2D eigenvalue weighted by Crippen LogP contribution is 2.27. The first-order valence-electron chi connectivity index (χ1n) is 12.6. The van der Waals surface area contributed by atoms with Crippen LogP contribution < -0.4 is 4.74 Å². The van der Waals surface area contributed by atoms with E-state index in [-0.39, 0.29) is 5.97 Å². The highest BCUT2D eigenvalue weighted by atomic mass is 32.1. The molecule has 6 nitrogen and oxygen atoms in total. The molecule has 0 spiro atoms. The molecule has 2 aromatic carbocycles. The lowest BCUT2D eigenvalue weighted by Gasteiger charge is -2.07. The average molecular weight is 524 g/mol. The Kier molecular flexibility index (Phi) is 8.26. The topological polar surface area (TPSA) is 66.2 Å². The van der Waals surface area contributed by atoms with Gasteiger partial charge in [0.05, 0.1) is 12.3 Å². The Bertz CT molecular complexity index is 1460. The van der Waals surface area contributed by atoms with Crippen molar-refractivity contribution in [2.45, 2.75) is 32.9 Å². The highest BCUT2D eigenvalue weighted by molar-refractivity contribution is 7.13. The number of hydrogen-bond donors (Lipinski definition) is 0. The summed E-state index contributed by atoms with van der Waals surface area (Å²) in [6.45, 7) is 3.38. The predicted octanol–water partition coefficient (Wildman–Crippen LogP) is 6.80. The monoisotopic (exact) mass is 523 g/mol. The summed E-state index contributed by atoms with van der Waals surface area (Å²) in [4.78, 5) is 20.7. The second kappa shape index (κ2) is 12.3. The molecule has 0 aliphatic heterocycles. The Labute approximate surface area is 226 Å². The molecule has 38 heavy (non-hydrogen) atoms. The van der Waals surface area contributed by atoms with Gasteiger partial charge < -0.3 is 14.0 Å². The SMILES string of the molecule is CCOC(=O)CCc1cn(Cc2ccc(OCc3csc(-c4ccncc4)n3)cc2)cc1-c1ccccc1. The summed E-state index contributed by atoms with van der Waals surface area (Å²) in [5.41, 5.74) is 6.55. The molecule has 7 heteroatoms. The number of pyridine rings is 1. The van der Waals surface area contributed by atoms with Crippen LogP contribution in [0.15, 0.2) is 96.9 Å². The molecule has 0 radical (unpaired) electrons. The zero-order valence-electron chi connectivity index (χ0n) is 21.2. The number of esters is 1. The first kappa shape index (κ1) is 25.4. The first-order chi connectivity index (χ1) is 18.7. The number of aromatic nitrogens is 3. The number of thiazole rings is 1. The lowest BCUT2D eigenvalue weighted by atomic mass is 10.0. The molecule has 3 aromatic heterocycles. The van der Waals surface area contributed by atoms with E-state index in [0.29, 0.717) is 26.1 Å². The van der Waals surface area contributed by atoms with Crippen molar-refractivity contribution < 1.29 is 14.3 Å². The van der Waals surface area contributed by atoms with Gasteiger partial charge in [0.1, 0.15) is 17.4 Å². The van der Waals surface area contributed by atoms with Gasteiger partial charge in [-0.2, -0.15) is 0 Å². The summed E-state index contributed by atoms with van der Waals surface area (Å²) in [7, 11) is 0. The summed E-state index contributed by atoms with van der Waals surface area (Å²) in [6, 6.07) is 22.3. The molecule has 0 N–H and O–H groups in total. The van der Waals surface area contributed by atoms with Crippen LogP contribution >= 0.6 is 11.3 Å². The second-order valence-corrected chi connectivity index (χ2v) is 9.71. The zero-order chi connectivity index (χ0) is 26.2. The van der Waals surface area contributed by atoms with Crippen LogP contribution in [0, 0.1) is 0 Å². The van der Waals surface area contributed by atoms with Gasteiger partial charge in [-0.1, -0.05) is 42.5 Å². The maximum atomic E-state index is 12.0. The Morgan fingerprint density at radius 3 is 2.50 bits per heavy atom. The van der Waals surface area contributed by atoms with Crippen LogP contribution in [0.1, 0.15) is 30.2 Å². The minimum absolute atomic E-state index is 0.166. The molecule has 0 aliphatic carbocycles. The van der Waals surface area contributed by atoms with Crippen LogP contribution in [0.25, 0.3) is 21.7 Å². The second-order valence-electron chi connectivity index (χ2n) is 8.85. The van der Waals surface area contributed by atoms with E-state index in [2.05, 4.69) is 51.2 Å². The van der Waals surface area contributed by atoms with Crippen LogP contribution in [0.2, 0.25) is 0 Å². The minimum Gasteiger partial charge on any atom is -0.487 e. The van der Waals surface area contributed by atoms with Gasteiger partial charge in [0, 0.05) is 54.3 Å². The number of nitrogens with zero attached hydrogens (tertiary/aromatic N) is 3. The molecule has 0 amide bonds. The molecular weight excluding hydrogens is 494 g/mol. The third-order valence-electron chi connectivity index (χ3n) is 6.11. The summed E-state index contributed by atoms with van der Waals surface area (Å²) in [6.07, 6.45) is 8.84. The highest BCUT2D eigenvalue weighted by Gasteiger charge is 2.12. The zero-order valence-corrected chi connectivity index (χ0v) is 22.1. The quantitative estimate of drug-likeness (QED) is 0.178. The summed E-state index contributed by atoms with van der Waals surface area (Å²) in [5, 5.41) is 2.99. The fourth-order valence-corrected chi connectivity index (χ4v) is 5.06. The molecule has 0 bridgehead atoms. The Morgan fingerprint density at radius 2 is 1.74 bits per heavy atom. The minimum atomic E-state index is -0.166. The van der Waals surface area contributed by atoms with Crippen molar-refractivity contribution in [3.63, 3.8) is 0 Å². The van der Waals surface area contributed by atoms with Gasteiger partial charge in [-0.25, -0.2) is 4.98 Å². The Hall–Kier alpha value is -4.23. The summed E-state index contributed by atoms with van der Waals surface area (Å²) < 4.78 is 13.3. The van der Waals surface area contributed by atoms with Crippen molar-refractivity contribution in [1.82, 2.24) is 14.5 Å². The molecule has 0 fully saturated rings. The molecule has 192 valence electrons. The van der Waals surface area contributed by atoms with Crippen molar-refractivity contribution in [3.8, 4) is 27.4 Å². The van der Waals surface area contributed by atoms with Crippen LogP contribution in [-0.2, 0) is 29.1 Å². The molecule has 0 atom stereocenters. The maximum absolute atomic E-state index is 12.0. The van der Waals surface area contributed by atoms with Crippen LogP contribution in [0.3, 0.4) is 0 Å². The van der Waals surface area contributed by atoms with Crippen LogP contribution in [0.4, 0.5) is 0 Å². The molecule has 0 unspecified atom stereocenters. The predicted molar refractivity (Wildman–Crippen MR) is 150 cm³/mol. The summed E-state index contributed by atoms with van der Waals surface area (Å²) >= 11 is 1.60. The van der Waals surface area contributed by atoms with E-state index < -0.39 is 0 Å². The van der Waals surface area contributed by atoms with Gasteiger partial charge >= 0.3 is 5.97 Å². The largest absolute Gasteiger partial charge is 0.487 e. The molecule has 5 rings (SSSR count). The number of carbonyl (C=O) groups excluding carboxylic acids is 1. The van der Waals surface area contributed by atoms with Gasteiger partial charge in [-0.3, -0.25) is 9.78 Å². The number of benzene rings is 2. The first-order valence-corrected chi connectivity index (χ1v) is 13.5. The number of ether oxygens (including phenoxy) is 2. The van der Waals surface area contributed by atoms with E-state index in [4.69, 9.17) is 9.47 Å². The van der Waals surface area contributed by atoms with E-state index in [1.54, 1.807) is 23.7 Å². The van der Waals surface area contributed by atoms with Crippen LogP contribution in [-0.4, -0.2) is 27.1 Å². The standard InChI is InChI=1S/C31H29N3O3S/c1-2-36-30(35)13-10-26-19-34(20-29(26)24-6-4-3-5-7-24)18-23-8-11-28(12-9-23)37-21-27-22-38-31(33-27)25-14-16-32-17-15-25/h3-9,11-12,14-17,19-20,22H,2,10,13,18,21H2,1H3. The van der Waals surface area contributed by atoms with E-state index in [1.807, 2.05) is 54.8 Å². The van der Waals surface area contributed by atoms with Crippen molar-refractivity contribution in [2.75, 3.05) is 6.61 Å². The fraction of sp³-hybridized carbons (Fsp3) is 0.194. The molecular formula is C31H29N3O3S. The number of hydrogen-bond acceptors (Lipinski definition) is 6. The molecule has 0 aliphatic rings. The van der Waals surface area contributed by atoms with E-state index >= 15 is 0 Å². The lowest BCUT2D eigenvalue weighted by molar-refractivity contribution is -0.143. The number of rotatable bonds is 11. The van der Waals surface area contributed by atoms with E-state index in [0.717, 1.165) is 50.8 Å².